The summed E-state index contributed by atoms with van der Waals surface area (Å²) in [5.74, 6) is 0.218. The van der Waals surface area contributed by atoms with E-state index in [1.807, 2.05) is 0 Å². The van der Waals surface area contributed by atoms with Crippen LogP contribution in [-0.2, 0) is 14.9 Å². The highest BCUT2D eigenvalue weighted by Gasteiger charge is 2.42. The molecule has 2 heterocycles. The molecule has 3 aliphatic rings. The smallest absolute Gasteiger partial charge is 0.231 e. The van der Waals surface area contributed by atoms with Gasteiger partial charge in [-0.05, 0) is 51.0 Å². The first kappa shape index (κ1) is 19.9. The molecule has 1 N–H and O–H groups in total. The van der Waals surface area contributed by atoms with Crippen molar-refractivity contribution >= 4 is 5.91 Å². The molecule has 28 heavy (non-hydrogen) atoms. The third-order valence-electron chi connectivity index (χ3n) is 7.34. The maximum Gasteiger partial charge on any atom is 0.231 e. The Balaban J connectivity index is 1.39. The molecule has 0 radical (unpaired) electrons. The molecule has 2 aliphatic heterocycles. The van der Waals surface area contributed by atoms with Gasteiger partial charge in [-0.25, -0.2) is 0 Å². The van der Waals surface area contributed by atoms with E-state index in [-0.39, 0.29) is 5.91 Å². The standard InChI is InChI=1S/C24H36N2O2/c1-19-7-9-20(10-8-19)24(13-17-28-18-14-24)23(27)25-21-11-15-26(16-12-21)22-5-3-2-4-6-22/h7-10,21-22H,2-6,11-18H2,1H3,(H,25,27). The number of amides is 1. The second-order valence-electron chi connectivity index (χ2n) is 9.14. The molecule has 1 saturated carbocycles. The third-order valence-corrected chi connectivity index (χ3v) is 7.34. The van der Waals surface area contributed by atoms with E-state index in [9.17, 15) is 4.79 Å². The molecule has 0 atom stereocenters. The zero-order chi connectivity index (χ0) is 19.4. The highest BCUT2D eigenvalue weighted by atomic mass is 16.5. The highest BCUT2D eigenvalue weighted by molar-refractivity contribution is 5.88. The summed E-state index contributed by atoms with van der Waals surface area (Å²) in [6, 6.07) is 9.65. The Hall–Kier alpha value is -1.39. The van der Waals surface area contributed by atoms with Crippen molar-refractivity contribution in [2.75, 3.05) is 26.3 Å². The zero-order valence-electron chi connectivity index (χ0n) is 17.4. The number of benzene rings is 1. The van der Waals surface area contributed by atoms with E-state index >= 15 is 0 Å². The number of ether oxygens (including phenoxy) is 1. The van der Waals surface area contributed by atoms with Gasteiger partial charge in [0.2, 0.25) is 5.91 Å². The number of nitrogens with zero attached hydrogens (tertiary/aromatic N) is 1. The minimum Gasteiger partial charge on any atom is -0.381 e. The summed E-state index contributed by atoms with van der Waals surface area (Å²) in [6.07, 6.45) is 10.7. The lowest BCUT2D eigenvalue weighted by Gasteiger charge is -2.41. The van der Waals surface area contributed by atoms with Gasteiger partial charge in [0, 0.05) is 38.4 Å². The minimum absolute atomic E-state index is 0.218. The number of rotatable bonds is 4. The SMILES string of the molecule is Cc1ccc(C2(C(=O)NC3CCN(C4CCCCC4)CC3)CCOCC2)cc1. The molecule has 4 heteroatoms. The Labute approximate surface area is 170 Å². The van der Waals surface area contributed by atoms with Crippen LogP contribution in [0.1, 0.15) is 68.9 Å². The average Bonchev–Trinajstić information content (AvgIpc) is 2.76. The fourth-order valence-electron chi connectivity index (χ4n) is 5.42. The molecule has 3 fully saturated rings. The van der Waals surface area contributed by atoms with Crippen LogP contribution in [0.3, 0.4) is 0 Å². The number of carbonyl (C=O) groups excluding carboxylic acids is 1. The predicted octanol–water partition coefficient (Wildman–Crippen LogP) is 3.96. The van der Waals surface area contributed by atoms with Gasteiger partial charge in [0.15, 0.2) is 0 Å². The molecule has 0 aromatic heterocycles. The summed E-state index contributed by atoms with van der Waals surface area (Å²) in [5.41, 5.74) is 1.96. The lowest BCUT2D eigenvalue weighted by atomic mass is 9.73. The van der Waals surface area contributed by atoms with Gasteiger partial charge < -0.3 is 15.0 Å². The van der Waals surface area contributed by atoms with Crippen molar-refractivity contribution in [3.8, 4) is 0 Å². The van der Waals surface area contributed by atoms with Crippen LogP contribution in [0.5, 0.6) is 0 Å². The molecule has 4 nitrogen and oxygen atoms in total. The minimum atomic E-state index is -0.424. The summed E-state index contributed by atoms with van der Waals surface area (Å²) in [4.78, 5) is 16.2. The lowest BCUT2D eigenvalue weighted by molar-refractivity contribution is -0.131. The molecule has 154 valence electrons. The number of hydrogen-bond donors (Lipinski definition) is 1. The number of hydrogen-bond acceptors (Lipinski definition) is 3. The molecule has 1 aliphatic carbocycles. The maximum absolute atomic E-state index is 13.5. The van der Waals surface area contributed by atoms with Crippen molar-refractivity contribution in [1.29, 1.82) is 0 Å². The molecule has 0 bridgehead atoms. The molecule has 2 saturated heterocycles. The van der Waals surface area contributed by atoms with Crippen molar-refractivity contribution < 1.29 is 9.53 Å². The molecule has 0 unspecified atom stereocenters. The van der Waals surface area contributed by atoms with Crippen LogP contribution in [0, 0.1) is 6.92 Å². The van der Waals surface area contributed by atoms with Crippen LogP contribution in [0.25, 0.3) is 0 Å². The Kier molecular flexibility index (Phi) is 6.37. The van der Waals surface area contributed by atoms with E-state index in [1.54, 1.807) is 0 Å². The van der Waals surface area contributed by atoms with Crippen LogP contribution in [0.4, 0.5) is 0 Å². The van der Waals surface area contributed by atoms with E-state index in [0.717, 1.165) is 50.4 Å². The molecule has 1 amide bonds. The zero-order valence-corrected chi connectivity index (χ0v) is 17.4. The van der Waals surface area contributed by atoms with Crippen molar-refractivity contribution in [2.45, 2.75) is 82.2 Å². The van der Waals surface area contributed by atoms with Crippen LogP contribution in [0.2, 0.25) is 0 Å². The first-order chi connectivity index (χ1) is 13.7. The molecule has 0 spiro atoms. The second kappa shape index (κ2) is 8.96. The van der Waals surface area contributed by atoms with Gasteiger partial charge in [-0.15, -0.1) is 0 Å². The van der Waals surface area contributed by atoms with Crippen LogP contribution < -0.4 is 5.32 Å². The molecule has 1 aromatic rings. The summed E-state index contributed by atoms with van der Waals surface area (Å²) in [7, 11) is 0. The van der Waals surface area contributed by atoms with Gasteiger partial charge in [0.05, 0.1) is 5.41 Å². The Morgan fingerprint density at radius 2 is 1.64 bits per heavy atom. The Bertz CT molecular complexity index is 637. The quantitative estimate of drug-likeness (QED) is 0.854. The van der Waals surface area contributed by atoms with Gasteiger partial charge in [0.25, 0.3) is 0 Å². The second-order valence-corrected chi connectivity index (χ2v) is 9.14. The number of aryl methyl sites for hydroxylation is 1. The Morgan fingerprint density at radius 3 is 2.29 bits per heavy atom. The van der Waals surface area contributed by atoms with Crippen LogP contribution in [0.15, 0.2) is 24.3 Å². The third kappa shape index (κ3) is 4.28. The van der Waals surface area contributed by atoms with Gasteiger partial charge in [0.1, 0.15) is 0 Å². The monoisotopic (exact) mass is 384 g/mol. The van der Waals surface area contributed by atoms with Crippen molar-refractivity contribution in [1.82, 2.24) is 10.2 Å². The van der Waals surface area contributed by atoms with E-state index < -0.39 is 5.41 Å². The number of likely N-dealkylation sites (tertiary alicyclic amines) is 1. The van der Waals surface area contributed by atoms with E-state index in [0.29, 0.717) is 19.3 Å². The van der Waals surface area contributed by atoms with Gasteiger partial charge in [-0.1, -0.05) is 49.1 Å². The van der Waals surface area contributed by atoms with Crippen molar-refractivity contribution in [2.24, 2.45) is 0 Å². The van der Waals surface area contributed by atoms with Crippen molar-refractivity contribution in [3.63, 3.8) is 0 Å². The number of carbonyl (C=O) groups is 1. The predicted molar refractivity (Wildman–Crippen MR) is 113 cm³/mol. The normalized spacial score (nSPS) is 24.8. The van der Waals surface area contributed by atoms with E-state index in [2.05, 4.69) is 41.4 Å². The maximum atomic E-state index is 13.5. The summed E-state index contributed by atoms with van der Waals surface area (Å²) < 4.78 is 5.60. The van der Waals surface area contributed by atoms with Gasteiger partial charge >= 0.3 is 0 Å². The molecular formula is C24H36N2O2. The van der Waals surface area contributed by atoms with Crippen LogP contribution in [-0.4, -0.2) is 49.2 Å². The summed E-state index contributed by atoms with van der Waals surface area (Å²) in [6.45, 7) is 5.70. The first-order valence-electron chi connectivity index (χ1n) is 11.4. The Morgan fingerprint density at radius 1 is 1.00 bits per heavy atom. The van der Waals surface area contributed by atoms with Gasteiger partial charge in [-0.2, -0.15) is 0 Å². The van der Waals surface area contributed by atoms with Gasteiger partial charge in [-0.3, -0.25) is 4.79 Å². The molecule has 1 aromatic carbocycles. The fourth-order valence-corrected chi connectivity index (χ4v) is 5.42. The number of nitrogens with one attached hydrogen (secondary N) is 1. The number of piperidine rings is 1. The lowest BCUT2D eigenvalue weighted by Crippen LogP contribution is -2.54. The highest BCUT2D eigenvalue weighted by Crippen LogP contribution is 2.36. The fraction of sp³-hybridized carbons (Fsp3) is 0.708. The average molecular weight is 385 g/mol. The van der Waals surface area contributed by atoms with E-state index in [4.69, 9.17) is 4.74 Å². The largest absolute Gasteiger partial charge is 0.381 e. The topological polar surface area (TPSA) is 41.6 Å². The first-order valence-corrected chi connectivity index (χ1v) is 11.4. The van der Waals surface area contributed by atoms with E-state index in [1.165, 1.54) is 37.7 Å². The molecular weight excluding hydrogens is 348 g/mol. The van der Waals surface area contributed by atoms with Crippen LogP contribution >= 0.6 is 0 Å². The molecule has 4 rings (SSSR count). The summed E-state index contributed by atoms with van der Waals surface area (Å²) >= 11 is 0. The summed E-state index contributed by atoms with van der Waals surface area (Å²) in [5, 5.41) is 3.44. The van der Waals surface area contributed by atoms with Crippen molar-refractivity contribution in [3.05, 3.63) is 35.4 Å².